The van der Waals surface area contributed by atoms with E-state index >= 15 is 0 Å². The number of tetrazole rings is 1. The van der Waals surface area contributed by atoms with E-state index in [0.717, 1.165) is 29.7 Å². The first-order chi connectivity index (χ1) is 12.5. The Balaban J connectivity index is 1.50. The van der Waals surface area contributed by atoms with Crippen LogP contribution in [-0.2, 0) is 0 Å². The van der Waals surface area contributed by atoms with Crippen molar-refractivity contribution in [1.82, 2.24) is 20.2 Å². The molecule has 1 aliphatic rings. The van der Waals surface area contributed by atoms with Crippen LogP contribution < -0.4 is 5.32 Å². The number of benzene rings is 1. The van der Waals surface area contributed by atoms with Gasteiger partial charge in [-0.2, -0.15) is 0 Å². The Labute approximate surface area is 151 Å². The zero-order valence-corrected chi connectivity index (χ0v) is 14.6. The second-order valence-corrected chi connectivity index (χ2v) is 7.28. The molecule has 2 aromatic heterocycles. The molecule has 0 aliphatic heterocycles. The summed E-state index contributed by atoms with van der Waals surface area (Å²) in [5, 5.41) is 25.5. The molecule has 1 aliphatic carbocycles. The number of anilines is 1. The van der Waals surface area contributed by atoms with Gasteiger partial charge in [-0.15, -0.1) is 16.4 Å². The summed E-state index contributed by atoms with van der Waals surface area (Å²) < 4.78 is 1.82. The predicted octanol–water partition coefficient (Wildman–Crippen LogP) is 3.21. The van der Waals surface area contributed by atoms with Crippen molar-refractivity contribution in [1.29, 1.82) is 0 Å². The van der Waals surface area contributed by atoms with Gasteiger partial charge in [-0.25, -0.2) is 4.68 Å². The van der Waals surface area contributed by atoms with E-state index in [0.29, 0.717) is 27.3 Å². The summed E-state index contributed by atoms with van der Waals surface area (Å²) >= 11 is 1.10. The summed E-state index contributed by atoms with van der Waals surface area (Å²) in [6, 6.07) is 8.86. The lowest BCUT2D eigenvalue weighted by molar-refractivity contribution is -0.385. The van der Waals surface area contributed by atoms with Crippen molar-refractivity contribution in [3.05, 3.63) is 50.2 Å². The van der Waals surface area contributed by atoms with Gasteiger partial charge in [-0.3, -0.25) is 14.9 Å². The zero-order valence-electron chi connectivity index (χ0n) is 13.7. The third kappa shape index (κ3) is 3.06. The van der Waals surface area contributed by atoms with Gasteiger partial charge in [0.05, 0.1) is 20.7 Å². The normalized spacial score (nSPS) is 13.6. The molecule has 2 heterocycles. The number of aromatic nitrogens is 4. The number of rotatable bonds is 5. The number of hydrogen-bond acceptors (Lipinski definition) is 7. The molecule has 9 nitrogen and oxygen atoms in total. The van der Waals surface area contributed by atoms with Gasteiger partial charge in [0.15, 0.2) is 5.82 Å². The van der Waals surface area contributed by atoms with E-state index in [2.05, 4.69) is 20.8 Å². The molecule has 26 heavy (non-hydrogen) atoms. The third-order valence-corrected chi connectivity index (χ3v) is 5.14. The summed E-state index contributed by atoms with van der Waals surface area (Å²) in [6.45, 7) is 1.62. The number of nitrogens with zero attached hydrogens (tertiary/aromatic N) is 5. The second kappa shape index (κ2) is 6.30. The van der Waals surface area contributed by atoms with E-state index in [9.17, 15) is 14.9 Å². The van der Waals surface area contributed by atoms with E-state index in [1.165, 1.54) is 6.07 Å². The maximum absolute atomic E-state index is 12.3. The van der Waals surface area contributed by atoms with Crippen LogP contribution in [0.5, 0.6) is 0 Å². The third-order valence-electron chi connectivity index (χ3n) is 4.10. The van der Waals surface area contributed by atoms with Crippen LogP contribution in [0.15, 0.2) is 30.3 Å². The Morgan fingerprint density at radius 1 is 1.35 bits per heavy atom. The number of nitro groups is 1. The first-order valence-electron chi connectivity index (χ1n) is 7.97. The molecule has 10 heteroatoms. The number of nitrogens with one attached hydrogen (secondary N) is 1. The largest absolute Gasteiger partial charge is 0.321 e. The van der Waals surface area contributed by atoms with Crippen molar-refractivity contribution >= 4 is 28.6 Å². The molecule has 1 N–H and O–H groups in total. The number of thiophene rings is 1. The Morgan fingerprint density at radius 3 is 2.69 bits per heavy atom. The fourth-order valence-electron chi connectivity index (χ4n) is 2.61. The van der Waals surface area contributed by atoms with Crippen molar-refractivity contribution in [2.24, 2.45) is 0 Å². The standard InChI is InChI=1S/C16H14N6O3S/c1-9-13(22(24)25)8-14(26-9)16(23)17-11-4-2-10(3-5-11)15-18-19-20-21(15)12-6-7-12/h2-5,8,12H,6-7H2,1H3,(H,17,23). The van der Waals surface area contributed by atoms with E-state index in [-0.39, 0.29) is 11.6 Å². The van der Waals surface area contributed by atoms with Crippen LogP contribution in [0.1, 0.15) is 33.4 Å². The van der Waals surface area contributed by atoms with Crippen molar-refractivity contribution in [3.8, 4) is 11.4 Å². The highest BCUT2D eigenvalue weighted by atomic mass is 32.1. The molecule has 0 atom stereocenters. The van der Waals surface area contributed by atoms with Gasteiger partial charge >= 0.3 is 0 Å². The van der Waals surface area contributed by atoms with Crippen LogP contribution in [-0.4, -0.2) is 31.0 Å². The van der Waals surface area contributed by atoms with Gasteiger partial charge < -0.3 is 5.32 Å². The molecular formula is C16H14N6O3S. The summed E-state index contributed by atoms with van der Waals surface area (Å²) in [5.41, 5.74) is 1.42. The molecule has 0 saturated heterocycles. The van der Waals surface area contributed by atoms with Gasteiger partial charge in [0.2, 0.25) is 0 Å². The van der Waals surface area contributed by atoms with Crippen molar-refractivity contribution in [2.75, 3.05) is 5.32 Å². The van der Waals surface area contributed by atoms with Crippen molar-refractivity contribution < 1.29 is 9.72 Å². The Bertz CT molecular complexity index is 990. The number of carbonyl (C=O) groups is 1. The minimum atomic E-state index is -0.485. The number of hydrogen-bond donors (Lipinski definition) is 1. The lowest BCUT2D eigenvalue weighted by atomic mass is 10.2. The predicted molar refractivity (Wildman–Crippen MR) is 95.2 cm³/mol. The average molecular weight is 370 g/mol. The van der Waals surface area contributed by atoms with Crippen LogP contribution >= 0.6 is 11.3 Å². The summed E-state index contributed by atoms with van der Waals surface area (Å²) in [4.78, 5) is 23.5. The topological polar surface area (TPSA) is 116 Å². The van der Waals surface area contributed by atoms with Crippen LogP contribution in [0, 0.1) is 17.0 Å². The number of carbonyl (C=O) groups excluding carboxylic acids is 1. The monoisotopic (exact) mass is 370 g/mol. The highest BCUT2D eigenvalue weighted by molar-refractivity contribution is 7.14. The molecule has 0 unspecified atom stereocenters. The first-order valence-corrected chi connectivity index (χ1v) is 8.79. The van der Waals surface area contributed by atoms with Crippen LogP contribution in [0.2, 0.25) is 0 Å². The fourth-order valence-corrected chi connectivity index (χ4v) is 3.49. The second-order valence-electron chi connectivity index (χ2n) is 6.02. The number of aryl methyl sites for hydroxylation is 1. The molecule has 1 saturated carbocycles. The molecule has 0 radical (unpaired) electrons. The van der Waals surface area contributed by atoms with Crippen LogP contribution in [0.4, 0.5) is 11.4 Å². The van der Waals surface area contributed by atoms with Crippen molar-refractivity contribution in [3.63, 3.8) is 0 Å². The fraction of sp³-hybridized carbons (Fsp3) is 0.250. The van der Waals surface area contributed by atoms with Gasteiger partial charge in [-0.1, -0.05) is 0 Å². The van der Waals surface area contributed by atoms with Gasteiger partial charge in [0.1, 0.15) is 0 Å². The summed E-state index contributed by atoms with van der Waals surface area (Å²) in [6.07, 6.45) is 2.16. The molecule has 0 spiro atoms. The highest BCUT2D eigenvalue weighted by Gasteiger charge is 2.28. The lowest BCUT2D eigenvalue weighted by Crippen LogP contribution is -2.10. The SMILES string of the molecule is Cc1sc(C(=O)Nc2ccc(-c3nnnn3C3CC3)cc2)cc1[N+](=O)[O-]. The summed E-state index contributed by atoms with van der Waals surface area (Å²) in [5.74, 6) is 0.330. The Kier molecular flexibility index (Phi) is 3.96. The molecular weight excluding hydrogens is 356 g/mol. The number of amides is 1. The summed E-state index contributed by atoms with van der Waals surface area (Å²) in [7, 11) is 0. The molecule has 4 rings (SSSR count). The van der Waals surface area contributed by atoms with E-state index < -0.39 is 4.92 Å². The molecule has 1 amide bonds. The molecule has 1 aromatic carbocycles. The van der Waals surface area contributed by atoms with Gasteiger partial charge in [0, 0.05) is 17.3 Å². The molecule has 0 bridgehead atoms. The van der Waals surface area contributed by atoms with E-state index in [4.69, 9.17) is 0 Å². The highest BCUT2D eigenvalue weighted by Crippen LogP contribution is 2.36. The zero-order chi connectivity index (χ0) is 18.3. The molecule has 3 aromatic rings. The molecule has 132 valence electrons. The van der Waals surface area contributed by atoms with Crippen LogP contribution in [0.25, 0.3) is 11.4 Å². The first kappa shape index (κ1) is 16.3. The van der Waals surface area contributed by atoms with Crippen molar-refractivity contribution in [2.45, 2.75) is 25.8 Å². The maximum atomic E-state index is 12.3. The minimum Gasteiger partial charge on any atom is -0.321 e. The smallest absolute Gasteiger partial charge is 0.283 e. The Morgan fingerprint density at radius 2 is 2.08 bits per heavy atom. The maximum Gasteiger partial charge on any atom is 0.283 e. The lowest BCUT2D eigenvalue weighted by Gasteiger charge is -2.06. The molecule has 1 fully saturated rings. The van der Waals surface area contributed by atoms with Crippen LogP contribution in [0.3, 0.4) is 0 Å². The van der Waals surface area contributed by atoms with Gasteiger partial charge in [-0.05, 0) is 54.5 Å². The minimum absolute atomic E-state index is 0.0394. The quantitative estimate of drug-likeness (QED) is 0.544. The average Bonchev–Trinajstić information content (AvgIpc) is 3.20. The Hall–Kier alpha value is -3.14. The van der Waals surface area contributed by atoms with E-state index in [1.54, 1.807) is 19.1 Å². The van der Waals surface area contributed by atoms with E-state index in [1.807, 2.05) is 16.8 Å². The van der Waals surface area contributed by atoms with Gasteiger partial charge in [0.25, 0.3) is 11.6 Å².